The highest BCUT2D eigenvalue weighted by atomic mass is 35.5. The predicted octanol–water partition coefficient (Wildman–Crippen LogP) is 3.96. The summed E-state index contributed by atoms with van der Waals surface area (Å²) in [7, 11) is 0. The summed E-state index contributed by atoms with van der Waals surface area (Å²) in [6.07, 6.45) is -3.03. The number of halogens is 4. The molecule has 0 bridgehead atoms. The normalized spacial score (nSPS) is 16.1. The Labute approximate surface area is 148 Å². The van der Waals surface area contributed by atoms with Crippen molar-refractivity contribution in [3.05, 3.63) is 53.2 Å². The Hall–Kier alpha value is -1.99. The second-order valence-corrected chi connectivity index (χ2v) is 6.23. The standard InChI is InChI=1S/C17H17ClF3N3O/c18-14-3-6-16(22-11-14)24-9-7-23(8-10-24)12-13-1-4-15(5-2-13)25-17(19,20)21/h1-6,11H,7-10,12H2. The fourth-order valence-corrected chi connectivity index (χ4v) is 2.86. The number of hydrogen-bond acceptors (Lipinski definition) is 4. The van der Waals surface area contributed by atoms with E-state index in [-0.39, 0.29) is 5.75 Å². The van der Waals surface area contributed by atoms with Crippen LogP contribution in [0.15, 0.2) is 42.6 Å². The van der Waals surface area contributed by atoms with E-state index >= 15 is 0 Å². The SMILES string of the molecule is FC(F)(F)Oc1ccc(CN2CCN(c3ccc(Cl)cn3)CC2)cc1. The van der Waals surface area contributed by atoms with Crippen LogP contribution < -0.4 is 9.64 Å². The van der Waals surface area contributed by atoms with Gasteiger partial charge in [-0.2, -0.15) is 0 Å². The van der Waals surface area contributed by atoms with E-state index in [1.165, 1.54) is 12.1 Å². The van der Waals surface area contributed by atoms with Crippen LogP contribution in [0.5, 0.6) is 5.75 Å². The molecule has 25 heavy (non-hydrogen) atoms. The van der Waals surface area contributed by atoms with Crippen molar-refractivity contribution in [2.75, 3.05) is 31.1 Å². The lowest BCUT2D eigenvalue weighted by Crippen LogP contribution is -2.46. The van der Waals surface area contributed by atoms with Gasteiger partial charge >= 0.3 is 6.36 Å². The molecule has 0 amide bonds. The molecule has 3 rings (SSSR count). The van der Waals surface area contributed by atoms with E-state index in [1.807, 2.05) is 12.1 Å². The Morgan fingerprint density at radius 2 is 1.68 bits per heavy atom. The van der Waals surface area contributed by atoms with Crippen LogP contribution in [0.2, 0.25) is 5.02 Å². The van der Waals surface area contributed by atoms with Gasteiger partial charge < -0.3 is 9.64 Å². The van der Waals surface area contributed by atoms with E-state index < -0.39 is 6.36 Å². The van der Waals surface area contributed by atoms with Gasteiger partial charge in [-0.15, -0.1) is 13.2 Å². The van der Waals surface area contributed by atoms with Crippen LogP contribution in [0.1, 0.15) is 5.56 Å². The first-order valence-corrected chi connectivity index (χ1v) is 8.20. The third kappa shape index (κ3) is 5.24. The Kier molecular flexibility index (Phi) is 5.34. The molecule has 0 aliphatic carbocycles. The van der Waals surface area contributed by atoms with Crippen LogP contribution in [-0.4, -0.2) is 42.4 Å². The fraction of sp³-hybridized carbons (Fsp3) is 0.353. The third-order valence-electron chi connectivity index (χ3n) is 3.97. The van der Waals surface area contributed by atoms with Gasteiger partial charge in [0.25, 0.3) is 0 Å². The summed E-state index contributed by atoms with van der Waals surface area (Å²) in [6.45, 7) is 4.07. The molecule has 1 saturated heterocycles. The molecule has 0 unspecified atom stereocenters. The zero-order valence-electron chi connectivity index (χ0n) is 13.3. The molecule has 1 fully saturated rings. The highest BCUT2D eigenvalue weighted by Crippen LogP contribution is 2.23. The van der Waals surface area contributed by atoms with E-state index in [1.54, 1.807) is 18.3 Å². The first-order valence-electron chi connectivity index (χ1n) is 7.83. The van der Waals surface area contributed by atoms with Crippen molar-refractivity contribution in [2.24, 2.45) is 0 Å². The quantitative estimate of drug-likeness (QED) is 0.813. The summed E-state index contributed by atoms with van der Waals surface area (Å²) >= 11 is 5.85. The van der Waals surface area contributed by atoms with E-state index in [0.29, 0.717) is 11.6 Å². The van der Waals surface area contributed by atoms with Crippen molar-refractivity contribution in [3.8, 4) is 5.75 Å². The van der Waals surface area contributed by atoms with Gasteiger partial charge in [-0.25, -0.2) is 4.98 Å². The zero-order valence-corrected chi connectivity index (χ0v) is 14.1. The summed E-state index contributed by atoms with van der Waals surface area (Å²) in [5.41, 5.74) is 0.951. The molecule has 1 aliphatic heterocycles. The van der Waals surface area contributed by atoms with Crippen LogP contribution in [0.3, 0.4) is 0 Å². The summed E-state index contributed by atoms with van der Waals surface area (Å²) in [5, 5.41) is 0.611. The highest BCUT2D eigenvalue weighted by molar-refractivity contribution is 6.30. The summed E-state index contributed by atoms with van der Waals surface area (Å²) in [6, 6.07) is 9.73. The van der Waals surface area contributed by atoms with Gasteiger partial charge in [-0.1, -0.05) is 23.7 Å². The number of hydrogen-bond donors (Lipinski definition) is 0. The lowest BCUT2D eigenvalue weighted by molar-refractivity contribution is -0.274. The number of rotatable bonds is 4. The molecule has 0 atom stereocenters. The Balaban J connectivity index is 1.51. The van der Waals surface area contributed by atoms with Gasteiger partial charge in [-0.3, -0.25) is 4.90 Å². The Morgan fingerprint density at radius 1 is 1.00 bits per heavy atom. The van der Waals surface area contributed by atoms with Gasteiger partial charge in [0.2, 0.25) is 0 Å². The van der Waals surface area contributed by atoms with E-state index in [0.717, 1.165) is 37.6 Å². The van der Waals surface area contributed by atoms with Crippen molar-refractivity contribution in [2.45, 2.75) is 12.9 Å². The first-order chi connectivity index (χ1) is 11.9. The van der Waals surface area contributed by atoms with Crippen molar-refractivity contribution in [1.29, 1.82) is 0 Å². The van der Waals surface area contributed by atoms with Crippen molar-refractivity contribution < 1.29 is 17.9 Å². The molecule has 0 N–H and O–H groups in total. The van der Waals surface area contributed by atoms with Crippen LogP contribution in [-0.2, 0) is 6.54 Å². The molecule has 2 heterocycles. The predicted molar refractivity (Wildman–Crippen MR) is 89.9 cm³/mol. The third-order valence-corrected chi connectivity index (χ3v) is 4.19. The smallest absolute Gasteiger partial charge is 0.406 e. The second kappa shape index (κ2) is 7.49. The maximum Gasteiger partial charge on any atom is 0.573 e. The minimum absolute atomic E-state index is 0.199. The van der Waals surface area contributed by atoms with Crippen molar-refractivity contribution >= 4 is 17.4 Å². The van der Waals surface area contributed by atoms with E-state index in [4.69, 9.17) is 11.6 Å². The van der Waals surface area contributed by atoms with Crippen LogP contribution in [0.25, 0.3) is 0 Å². The van der Waals surface area contributed by atoms with Crippen molar-refractivity contribution in [1.82, 2.24) is 9.88 Å². The largest absolute Gasteiger partial charge is 0.573 e. The monoisotopic (exact) mass is 371 g/mol. The van der Waals surface area contributed by atoms with Gasteiger partial charge in [0.1, 0.15) is 11.6 Å². The molecule has 1 aromatic heterocycles. The number of ether oxygens (including phenoxy) is 1. The lowest BCUT2D eigenvalue weighted by Gasteiger charge is -2.35. The highest BCUT2D eigenvalue weighted by Gasteiger charge is 2.31. The zero-order chi connectivity index (χ0) is 17.9. The molecule has 1 aromatic carbocycles. The lowest BCUT2D eigenvalue weighted by atomic mass is 10.2. The van der Waals surface area contributed by atoms with Crippen LogP contribution >= 0.6 is 11.6 Å². The minimum Gasteiger partial charge on any atom is -0.406 e. The second-order valence-electron chi connectivity index (χ2n) is 5.79. The number of alkyl halides is 3. The number of piperazine rings is 1. The average molecular weight is 372 g/mol. The van der Waals surface area contributed by atoms with E-state index in [9.17, 15) is 13.2 Å². The molecule has 8 heteroatoms. The van der Waals surface area contributed by atoms with Crippen LogP contribution in [0.4, 0.5) is 19.0 Å². The summed E-state index contributed by atoms with van der Waals surface area (Å²) < 4.78 is 40.4. The molecular formula is C17H17ClF3N3O. The number of nitrogens with zero attached hydrogens (tertiary/aromatic N) is 3. The van der Waals surface area contributed by atoms with E-state index in [2.05, 4.69) is 19.5 Å². The van der Waals surface area contributed by atoms with Gasteiger partial charge in [0.05, 0.1) is 5.02 Å². The molecule has 2 aromatic rings. The minimum atomic E-state index is -4.66. The van der Waals surface area contributed by atoms with Gasteiger partial charge in [0, 0.05) is 38.9 Å². The number of anilines is 1. The molecular weight excluding hydrogens is 355 g/mol. The maximum atomic E-state index is 12.2. The molecule has 134 valence electrons. The number of aromatic nitrogens is 1. The molecule has 0 saturated carbocycles. The van der Waals surface area contributed by atoms with Gasteiger partial charge in [0.15, 0.2) is 0 Å². The summed E-state index contributed by atoms with van der Waals surface area (Å²) in [5.74, 6) is 0.701. The first kappa shape index (κ1) is 17.8. The maximum absolute atomic E-state index is 12.2. The molecule has 0 spiro atoms. The van der Waals surface area contributed by atoms with Gasteiger partial charge in [-0.05, 0) is 29.8 Å². The molecule has 4 nitrogen and oxygen atoms in total. The Morgan fingerprint density at radius 3 is 2.24 bits per heavy atom. The molecule has 1 aliphatic rings. The van der Waals surface area contributed by atoms with Crippen molar-refractivity contribution in [3.63, 3.8) is 0 Å². The summed E-state index contributed by atoms with van der Waals surface area (Å²) in [4.78, 5) is 8.76. The number of pyridine rings is 1. The van der Waals surface area contributed by atoms with Crippen LogP contribution in [0, 0.1) is 0 Å². The number of benzene rings is 1. The average Bonchev–Trinajstić information content (AvgIpc) is 2.57. The fourth-order valence-electron chi connectivity index (χ4n) is 2.74. The Bertz CT molecular complexity index is 684. The topological polar surface area (TPSA) is 28.6 Å². The molecule has 0 radical (unpaired) electrons.